The van der Waals surface area contributed by atoms with Crippen LogP contribution >= 0.6 is 15.9 Å². The van der Waals surface area contributed by atoms with Crippen molar-refractivity contribution in [1.29, 1.82) is 0 Å². The third kappa shape index (κ3) is 3.14. The molecule has 1 unspecified atom stereocenters. The normalized spacial score (nSPS) is 13.1. The summed E-state index contributed by atoms with van der Waals surface area (Å²) in [5.41, 5.74) is 5.70. The first kappa shape index (κ1) is 12.4. The summed E-state index contributed by atoms with van der Waals surface area (Å²) < 4.78 is 6.30. The van der Waals surface area contributed by atoms with Crippen molar-refractivity contribution in [2.75, 3.05) is 12.3 Å². The van der Waals surface area contributed by atoms with Gasteiger partial charge in [-0.25, -0.2) is 9.97 Å². The Morgan fingerprint density at radius 3 is 2.67 bits per heavy atom. The molecule has 0 spiro atoms. The van der Waals surface area contributed by atoms with Crippen molar-refractivity contribution in [2.24, 2.45) is 5.92 Å². The smallest absolute Gasteiger partial charge is 0.159 e. The van der Waals surface area contributed by atoms with E-state index in [1.54, 1.807) is 6.20 Å². The van der Waals surface area contributed by atoms with Crippen molar-refractivity contribution in [1.82, 2.24) is 9.97 Å². The summed E-state index contributed by atoms with van der Waals surface area (Å²) in [4.78, 5) is 8.42. The van der Waals surface area contributed by atoms with Crippen molar-refractivity contribution in [3.05, 3.63) is 16.5 Å². The molecule has 1 rings (SSSR count). The van der Waals surface area contributed by atoms with Gasteiger partial charge in [-0.2, -0.15) is 0 Å². The van der Waals surface area contributed by atoms with Crippen molar-refractivity contribution in [2.45, 2.75) is 26.9 Å². The molecule has 4 nitrogen and oxygen atoms in total. The number of halogens is 1. The summed E-state index contributed by atoms with van der Waals surface area (Å²) in [7, 11) is 0. The van der Waals surface area contributed by atoms with Crippen molar-refractivity contribution in [3.8, 4) is 0 Å². The summed E-state index contributed by atoms with van der Waals surface area (Å²) in [5, 5.41) is 0. The Labute approximate surface area is 98.4 Å². The van der Waals surface area contributed by atoms with E-state index in [0.717, 1.165) is 0 Å². The molecule has 0 aromatic carbocycles. The molecule has 1 atom stereocenters. The summed E-state index contributed by atoms with van der Waals surface area (Å²) in [6.07, 6.45) is 1.57. The monoisotopic (exact) mass is 273 g/mol. The van der Waals surface area contributed by atoms with Gasteiger partial charge >= 0.3 is 0 Å². The van der Waals surface area contributed by atoms with E-state index in [1.807, 2.05) is 6.92 Å². The van der Waals surface area contributed by atoms with E-state index in [1.165, 1.54) is 0 Å². The van der Waals surface area contributed by atoms with Crippen LogP contribution in [0.2, 0.25) is 0 Å². The molecule has 0 saturated heterocycles. The largest absolute Gasteiger partial charge is 0.383 e. The fourth-order valence-corrected chi connectivity index (χ4v) is 1.47. The lowest BCUT2D eigenvalue weighted by Gasteiger charge is -2.19. The number of nitrogens with zero attached hydrogens (tertiary/aromatic N) is 2. The maximum Gasteiger partial charge on any atom is 0.159 e. The van der Waals surface area contributed by atoms with Gasteiger partial charge in [-0.05, 0) is 28.8 Å². The van der Waals surface area contributed by atoms with Crippen molar-refractivity contribution < 1.29 is 4.74 Å². The number of aromatic nitrogens is 2. The third-order valence-electron chi connectivity index (χ3n) is 2.00. The molecule has 0 aliphatic rings. The topological polar surface area (TPSA) is 61.0 Å². The second-order valence-electron chi connectivity index (χ2n) is 3.58. The Kier molecular flexibility index (Phi) is 4.47. The number of ether oxygens (including phenoxy) is 1. The number of hydrogen-bond acceptors (Lipinski definition) is 4. The van der Waals surface area contributed by atoms with Gasteiger partial charge in [0.05, 0.1) is 4.47 Å². The van der Waals surface area contributed by atoms with Crippen LogP contribution in [0.4, 0.5) is 5.82 Å². The minimum atomic E-state index is -0.0922. The molecule has 0 aliphatic heterocycles. The molecule has 1 aromatic rings. The zero-order valence-electron chi connectivity index (χ0n) is 9.20. The Morgan fingerprint density at radius 1 is 1.53 bits per heavy atom. The molecule has 15 heavy (non-hydrogen) atoms. The summed E-state index contributed by atoms with van der Waals surface area (Å²) >= 11 is 3.26. The molecule has 0 fully saturated rings. The number of rotatable bonds is 4. The highest BCUT2D eigenvalue weighted by molar-refractivity contribution is 9.10. The Morgan fingerprint density at radius 2 is 2.20 bits per heavy atom. The number of nitrogen functional groups attached to an aromatic ring is 1. The van der Waals surface area contributed by atoms with Gasteiger partial charge in [0.2, 0.25) is 0 Å². The number of hydrogen-bond donors (Lipinski definition) is 1. The van der Waals surface area contributed by atoms with E-state index in [-0.39, 0.29) is 6.10 Å². The fourth-order valence-electron chi connectivity index (χ4n) is 1.28. The van der Waals surface area contributed by atoms with Crippen LogP contribution in [0.25, 0.3) is 0 Å². The van der Waals surface area contributed by atoms with Gasteiger partial charge in [-0.3, -0.25) is 0 Å². The maximum absolute atomic E-state index is 5.70. The minimum Gasteiger partial charge on any atom is -0.383 e. The minimum absolute atomic E-state index is 0.0922. The van der Waals surface area contributed by atoms with E-state index in [9.17, 15) is 0 Å². The van der Waals surface area contributed by atoms with E-state index in [4.69, 9.17) is 10.5 Å². The van der Waals surface area contributed by atoms with Gasteiger partial charge in [0.25, 0.3) is 0 Å². The SMILES string of the molecule is CCOC(c1ncc(Br)c(N)n1)C(C)C. The molecule has 84 valence electrons. The highest BCUT2D eigenvalue weighted by Gasteiger charge is 2.19. The quantitative estimate of drug-likeness (QED) is 0.916. The zero-order valence-corrected chi connectivity index (χ0v) is 10.8. The van der Waals surface area contributed by atoms with Gasteiger partial charge in [-0.15, -0.1) is 0 Å². The second kappa shape index (κ2) is 5.42. The highest BCUT2D eigenvalue weighted by Crippen LogP contribution is 2.25. The average molecular weight is 274 g/mol. The van der Waals surface area contributed by atoms with Crippen LogP contribution < -0.4 is 5.73 Å². The first-order valence-electron chi connectivity index (χ1n) is 4.95. The van der Waals surface area contributed by atoms with E-state index >= 15 is 0 Å². The Hall–Kier alpha value is -0.680. The van der Waals surface area contributed by atoms with E-state index in [0.29, 0.717) is 28.6 Å². The van der Waals surface area contributed by atoms with Crippen LogP contribution in [0, 0.1) is 5.92 Å². The van der Waals surface area contributed by atoms with Gasteiger partial charge in [0, 0.05) is 12.8 Å². The molecule has 1 aromatic heterocycles. The molecule has 0 amide bonds. The molecule has 0 radical (unpaired) electrons. The molecular weight excluding hydrogens is 258 g/mol. The molecule has 0 aliphatic carbocycles. The van der Waals surface area contributed by atoms with E-state index < -0.39 is 0 Å². The predicted octanol–water partition coefficient (Wildman–Crippen LogP) is 2.55. The van der Waals surface area contributed by atoms with Crippen LogP contribution in [0.1, 0.15) is 32.7 Å². The third-order valence-corrected chi connectivity index (χ3v) is 2.61. The molecular formula is C10H16BrN3O. The molecule has 2 N–H and O–H groups in total. The summed E-state index contributed by atoms with van der Waals surface area (Å²) in [5.74, 6) is 1.42. The standard InChI is InChI=1S/C10H16BrN3O/c1-4-15-8(6(2)3)10-13-5-7(11)9(12)14-10/h5-6,8H,4H2,1-3H3,(H2,12,13,14). The molecule has 0 bridgehead atoms. The van der Waals surface area contributed by atoms with E-state index in [2.05, 4.69) is 39.7 Å². The zero-order chi connectivity index (χ0) is 11.4. The van der Waals surface area contributed by atoms with Crippen molar-refractivity contribution in [3.63, 3.8) is 0 Å². The fraction of sp³-hybridized carbons (Fsp3) is 0.600. The lowest BCUT2D eigenvalue weighted by molar-refractivity contribution is 0.0233. The number of nitrogens with two attached hydrogens (primary N) is 1. The van der Waals surface area contributed by atoms with Gasteiger partial charge in [-0.1, -0.05) is 13.8 Å². The maximum atomic E-state index is 5.70. The van der Waals surface area contributed by atoms with Gasteiger partial charge in [0.15, 0.2) is 5.82 Å². The van der Waals surface area contributed by atoms with Crippen LogP contribution in [0.3, 0.4) is 0 Å². The highest BCUT2D eigenvalue weighted by atomic mass is 79.9. The Bertz CT molecular complexity index is 330. The first-order chi connectivity index (χ1) is 7.06. The van der Waals surface area contributed by atoms with Gasteiger partial charge in [0.1, 0.15) is 11.9 Å². The second-order valence-corrected chi connectivity index (χ2v) is 4.44. The van der Waals surface area contributed by atoms with Crippen molar-refractivity contribution >= 4 is 21.7 Å². The predicted molar refractivity (Wildman–Crippen MR) is 63.3 cm³/mol. The summed E-state index contributed by atoms with van der Waals surface area (Å²) in [6.45, 7) is 6.74. The average Bonchev–Trinajstić information content (AvgIpc) is 2.18. The Balaban J connectivity index is 2.95. The lowest BCUT2D eigenvalue weighted by atomic mass is 10.1. The lowest BCUT2D eigenvalue weighted by Crippen LogP contribution is -2.15. The molecule has 1 heterocycles. The first-order valence-corrected chi connectivity index (χ1v) is 5.75. The molecule has 0 saturated carbocycles. The van der Waals surface area contributed by atoms with Gasteiger partial charge < -0.3 is 10.5 Å². The van der Waals surface area contributed by atoms with Crippen LogP contribution in [0.15, 0.2) is 10.7 Å². The summed E-state index contributed by atoms with van der Waals surface area (Å²) in [6, 6.07) is 0. The number of anilines is 1. The van der Waals surface area contributed by atoms with Crippen LogP contribution in [-0.2, 0) is 4.74 Å². The van der Waals surface area contributed by atoms with Crippen LogP contribution in [-0.4, -0.2) is 16.6 Å². The molecule has 5 heteroatoms. The van der Waals surface area contributed by atoms with Crippen LogP contribution in [0.5, 0.6) is 0 Å².